The minimum Gasteiger partial charge on any atom is -0.420 e. The highest BCUT2D eigenvalue weighted by molar-refractivity contribution is 6.99. The summed E-state index contributed by atoms with van der Waals surface area (Å²) in [5.41, 5.74) is 19.0. The molecule has 0 atom stereocenters. The Morgan fingerprint density at radius 1 is 0.429 bits per heavy atom. The van der Waals surface area contributed by atoms with Crippen molar-refractivity contribution in [3.63, 3.8) is 0 Å². The van der Waals surface area contributed by atoms with Crippen molar-refractivity contribution in [3.05, 3.63) is 130 Å². The maximum Gasteiger partial charge on any atom is 0.279 e. The molecule has 1 aromatic heterocycles. The summed E-state index contributed by atoms with van der Waals surface area (Å²) in [4.78, 5) is 10.6. The standard InChI is InChI=1S/C58H72BN3O/c1-35-26-47-49-48(27-35)62(44-32-41(57(14,15)16)29-42(33-44)58(17,18)19)52-50(60-51(63-52)36-20-22-37(23-21-36)53(2,3)4)59(49)45-34-38(54(5,6)7)24-25-46(45)61(47)43-30-39(55(8,9)10)28-40(31-43)56(11,12)13/h20-34H,1-19H3. The van der Waals surface area contributed by atoms with Gasteiger partial charge in [-0.3, -0.25) is 4.90 Å². The lowest BCUT2D eigenvalue weighted by atomic mass is 9.35. The number of benzene rings is 5. The summed E-state index contributed by atoms with van der Waals surface area (Å²) in [6.07, 6.45) is 0. The molecular formula is C58H72BN3O. The predicted molar refractivity (Wildman–Crippen MR) is 273 cm³/mol. The zero-order valence-electron chi connectivity index (χ0n) is 42.0. The smallest absolute Gasteiger partial charge is 0.279 e. The van der Waals surface area contributed by atoms with Crippen molar-refractivity contribution in [2.75, 3.05) is 9.80 Å². The Kier molecular flexibility index (Phi) is 10.3. The molecule has 0 unspecified atom stereocenters. The molecule has 8 rings (SSSR count). The maximum absolute atomic E-state index is 7.26. The summed E-state index contributed by atoms with van der Waals surface area (Å²) in [5.74, 6) is 1.43. The van der Waals surface area contributed by atoms with Crippen LogP contribution in [0.5, 0.6) is 0 Å². The van der Waals surface area contributed by atoms with Crippen LogP contribution in [-0.4, -0.2) is 11.7 Å². The van der Waals surface area contributed by atoms with E-state index in [1.165, 1.54) is 66.9 Å². The van der Waals surface area contributed by atoms with Gasteiger partial charge in [-0.15, -0.1) is 0 Å². The van der Waals surface area contributed by atoms with Crippen LogP contribution in [0.3, 0.4) is 0 Å². The summed E-state index contributed by atoms with van der Waals surface area (Å²) in [6, 6.07) is 35.3. The highest BCUT2D eigenvalue weighted by Gasteiger charge is 2.47. The quantitative estimate of drug-likeness (QED) is 0.166. The molecule has 5 heteroatoms. The van der Waals surface area contributed by atoms with E-state index in [0.29, 0.717) is 5.89 Å². The van der Waals surface area contributed by atoms with Gasteiger partial charge in [-0.1, -0.05) is 161 Å². The fourth-order valence-corrected chi connectivity index (χ4v) is 9.22. The lowest BCUT2D eigenvalue weighted by molar-refractivity contribution is 0.566. The lowest BCUT2D eigenvalue weighted by Gasteiger charge is -2.43. The van der Waals surface area contributed by atoms with E-state index in [0.717, 1.165) is 28.4 Å². The Labute approximate surface area is 380 Å². The third kappa shape index (κ3) is 8.08. The molecule has 328 valence electrons. The molecule has 0 fully saturated rings. The third-order valence-corrected chi connectivity index (χ3v) is 13.4. The van der Waals surface area contributed by atoms with Crippen molar-refractivity contribution in [2.24, 2.45) is 0 Å². The molecule has 2 aliphatic heterocycles. The predicted octanol–water partition coefficient (Wildman–Crippen LogP) is 14.5. The van der Waals surface area contributed by atoms with E-state index in [2.05, 4.69) is 232 Å². The zero-order chi connectivity index (χ0) is 46.1. The first-order chi connectivity index (χ1) is 28.9. The minimum atomic E-state index is -0.164. The van der Waals surface area contributed by atoms with Gasteiger partial charge in [0.1, 0.15) is 0 Å². The molecule has 0 N–H and O–H groups in total. The van der Waals surface area contributed by atoms with Crippen LogP contribution in [0.1, 0.15) is 164 Å². The molecule has 63 heavy (non-hydrogen) atoms. The topological polar surface area (TPSA) is 32.5 Å². The first-order valence-electron chi connectivity index (χ1n) is 23.2. The molecule has 3 heterocycles. The zero-order valence-corrected chi connectivity index (χ0v) is 42.0. The Morgan fingerprint density at radius 3 is 1.29 bits per heavy atom. The average Bonchev–Trinajstić information content (AvgIpc) is 3.60. The Hall–Kier alpha value is -5.03. The largest absolute Gasteiger partial charge is 0.420 e. The van der Waals surface area contributed by atoms with Gasteiger partial charge in [0.15, 0.2) is 0 Å². The van der Waals surface area contributed by atoms with E-state index >= 15 is 0 Å². The molecule has 0 bridgehead atoms. The van der Waals surface area contributed by atoms with Gasteiger partial charge in [0.2, 0.25) is 11.8 Å². The molecule has 5 aromatic carbocycles. The second-order valence-electron chi connectivity index (χ2n) is 24.9. The monoisotopic (exact) mass is 838 g/mol. The van der Waals surface area contributed by atoms with E-state index in [1.807, 2.05) is 0 Å². The van der Waals surface area contributed by atoms with E-state index in [-0.39, 0.29) is 39.2 Å². The van der Waals surface area contributed by atoms with Gasteiger partial charge in [0.25, 0.3) is 6.71 Å². The van der Waals surface area contributed by atoms with Crippen molar-refractivity contribution in [2.45, 2.75) is 164 Å². The fourth-order valence-electron chi connectivity index (χ4n) is 9.22. The van der Waals surface area contributed by atoms with Crippen LogP contribution in [0.25, 0.3) is 11.5 Å². The van der Waals surface area contributed by atoms with Crippen LogP contribution in [0.4, 0.5) is 34.3 Å². The van der Waals surface area contributed by atoms with Crippen molar-refractivity contribution in [1.29, 1.82) is 0 Å². The fraction of sp³-hybridized carbons (Fsp3) is 0.431. The van der Waals surface area contributed by atoms with Crippen molar-refractivity contribution in [1.82, 2.24) is 4.98 Å². The maximum atomic E-state index is 7.26. The van der Waals surface area contributed by atoms with E-state index < -0.39 is 0 Å². The molecule has 0 radical (unpaired) electrons. The van der Waals surface area contributed by atoms with Crippen LogP contribution in [0, 0.1) is 6.92 Å². The highest BCUT2D eigenvalue weighted by Crippen LogP contribution is 2.48. The second kappa shape index (κ2) is 14.5. The summed E-state index contributed by atoms with van der Waals surface area (Å²) >= 11 is 0. The van der Waals surface area contributed by atoms with Crippen LogP contribution in [0.15, 0.2) is 95.4 Å². The van der Waals surface area contributed by atoms with Gasteiger partial charge >= 0.3 is 0 Å². The number of aryl methyl sites for hydroxylation is 1. The number of hydrogen-bond donors (Lipinski definition) is 0. The van der Waals surface area contributed by atoms with Gasteiger partial charge in [-0.05, 0) is 144 Å². The Balaban J connectivity index is 1.50. The van der Waals surface area contributed by atoms with Crippen molar-refractivity contribution in [3.8, 4) is 11.5 Å². The van der Waals surface area contributed by atoms with E-state index in [4.69, 9.17) is 9.40 Å². The number of fused-ring (bicyclic) bond motifs is 4. The van der Waals surface area contributed by atoms with E-state index in [1.54, 1.807) is 0 Å². The van der Waals surface area contributed by atoms with Crippen LogP contribution >= 0.6 is 0 Å². The number of oxazole rings is 1. The first-order valence-corrected chi connectivity index (χ1v) is 23.2. The average molecular weight is 838 g/mol. The first kappa shape index (κ1) is 44.6. The van der Waals surface area contributed by atoms with Crippen molar-refractivity contribution >= 4 is 57.6 Å². The second-order valence-corrected chi connectivity index (χ2v) is 24.9. The Morgan fingerprint density at radius 2 is 0.841 bits per heavy atom. The molecule has 2 aliphatic rings. The Bertz CT molecular complexity index is 2680. The lowest BCUT2D eigenvalue weighted by Crippen LogP contribution is -2.62. The van der Waals surface area contributed by atoms with Crippen LogP contribution < -0.4 is 26.3 Å². The molecule has 0 spiro atoms. The molecule has 0 saturated carbocycles. The van der Waals surface area contributed by atoms with Gasteiger partial charge in [-0.25, -0.2) is 4.98 Å². The highest BCUT2D eigenvalue weighted by atomic mass is 16.4. The molecule has 4 nitrogen and oxygen atoms in total. The SMILES string of the molecule is Cc1cc2c3c(c1)N(c1cc(C(C)(C)C)cc(C(C)(C)C)c1)c1oc(-c4ccc(C(C)(C)C)cc4)nc1B3c1cc(C(C)(C)C)ccc1N2c1cc(C(C)(C)C)cc(C(C)(C)C)c1. The summed E-state index contributed by atoms with van der Waals surface area (Å²) in [7, 11) is 0. The number of rotatable bonds is 3. The number of hydrogen-bond acceptors (Lipinski definition) is 4. The van der Waals surface area contributed by atoms with Gasteiger partial charge in [0, 0.05) is 34.0 Å². The van der Waals surface area contributed by atoms with Crippen molar-refractivity contribution < 1.29 is 4.42 Å². The summed E-state index contributed by atoms with van der Waals surface area (Å²) in [6.45, 7) is 43.7. The summed E-state index contributed by atoms with van der Waals surface area (Å²) < 4.78 is 7.26. The normalized spacial score (nSPS) is 14.5. The molecular weight excluding hydrogens is 765 g/mol. The van der Waals surface area contributed by atoms with Gasteiger partial charge in [-0.2, -0.15) is 0 Å². The van der Waals surface area contributed by atoms with Gasteiger partial charge < -0.3 is 9.32 Å². The molecule has 0 aliphatic carbocycles. The van der Waals surface area contributed by atoms with Crippen LogP contribution in [-0.2, 0) is 32.5 Å². The number of aromatic nitrogens is 1. The van der Waals surface area contributed by atoms with Crippen LogP contribution in [0.2, 0.25) is 0 Å². The molecule has 6 aromatic rings. The minimum absolute atomic E-state index is 0.0341. The third-order valence-electron chi connectivity index (χ3n) is 13.4. The number of nitrogens with zero attached hydrogens (tertiary/aromatic N) is 3. The molecule has 0 amide bonds. The molecule has 0 saturated heterocycles. The number of anilines is 6. The summed E-state index contributed by atoms with van der Waals surface area (Å²) in [5, 5.41) is 0. The van der Waals surface area contributed by atoms with E-state index in [9.17, 15) is 0 Å². The van der Waals surface area contributed by atoms with Gasteiger partial charge in [0.05, 0.1) is 5.59 Å².